The molecule has 0 amide bonds. The van der Waals surface area contributed by atoms with E-state index >= 15 is 0 Å². The van der Waals surface area contributed by atoms with Crippen LogP contribution in [0.4, 0.5) is 11.6 Å². The molecule has 1 aliphatic rings. The number of hydrazine groups is 1. The van der Waals surface area contributed by atoms with Crippen molar-refractivity contribution in [1.29, 1.82) is 0 Å². The summed E-state index contributed by atoms with van der Waals surface area (Å²) < 4.78 is 0. The maximum absolute atomic E-state index is 4.72. The van der Waals surface area contributed by atoms with Crippen molar-refractivity contribution in [3.05, 3.63) is 48.8 Å². The molecule has 23 heavy (non-hydrogen) atoms. The van der Waals surface area contributed by atoms with E-state index in [4.69, 9.17) is 4.98 Å². The minimum Gasteiger partial charge on any atom is -0.346 e. The van der Waals surface area contributed by atoms with Gasteiger partial charge in [-0.25, -0.2) is 15.0 Å². The Hall–Kier alpha value is -2.44. The van der Waals surface area contributed by atoms with Gasteiger partial charge in [0.15, 0.2) is 0 Å². The van der Waals surface area contributed by atoms with Gasteiger partial charge < -0.3 is 10.3 Å². The highest BCUT2D eigenvalue weighted by Gasteiger charge is 2.27. The first kappa shape index (κ1) is 14.2. The number of rotatable bonds is 3. The van der Waals surface area contributed by atoms with E-state index in [1.165, 1.54) is 0 Å². The zero-order chi connectivity index (χ0) is 15.6. The quantitative estimate of drug-likeness (QED) is 0.777. The summed E-state index contributed by atoms with van der Waals surface area (Å²) in [7, 11) is 0. The molecule has 1 fully saturated rings. The van der Waals surface area contributed by atoms with Crippen molar-refractivity contribution in [2.24, 2.45) is 0 Å². The number of aromatic nitrogens is 3. The van der Waals surface area contributed by atoms with Crippen LogP contribution in [0.3, 0.4) is 0 Å². The minimum absolute atomic E-state index is 0.367. The predicted octanol–water partition coefficient (Wildman–Crippen LogP) is 2.30. The summed E-state index contributed by atoms with van der Waals surface area (Å²) in [6.07, 6.45) is 3.76. The molecular formula is C17H20N6. The van der Waals surface area contributed by atoms with Crippen molar-refractivity contribution >= 4 is 22.7 Å². The molecule has 2 N–H and O–H groups in total. The topological polar surface area (TPSA) is 60.1 Å². The van der Waals surface area contributed by atoms with Gasteiger partial charge in [-0.05, 0) is 25.1 Å². The van der Waals surface area contributed by atoms with Gasteiger partial charge in [-0.2, -0.15) is 4.98 Å². The van der Waals surface area contributed by atoms with Gasteiger partial charge in [-0.15, -0.1) is 0 Å². The van der Waals surface area contributed by atoms with Gasteiger partial charge in [0.05, 0.1) is 5.69 Å². The summed E-state index contributed by atoms with van der Waals surface area (Å²) in [5.74, 6) is 0.694. The zero-order valence-corrected chi connectivity index (χ0v) is 13.1. The first-order chi connectivity index (χ1) is 11.3. The molecule has 3 heterocycles. The molecule has 4 rings (SSSR count). The lowest BCUT2D eigenvalue weighted by Crippen LogP contribution is -2.56. The second-order valence-corrected chi connectivity index (χ2v) is 5.82. The lowest BCUT2D eigenvalue weighted by Gasteiger charge is -2.41. The number of hydrogen-bond donors (Lipinski definition) is 2. The van der Waals surface area contributed by atoms with Gasteiger partial charge >= 0.3 is 0 Å². The third-order valence-electron chi connectivity index (χ3n) is 4.20. The largest absolute Gasteiger partial charge is 0.346 e. The molecule has 2 aromatic heterocycles. The van der Waals surface area contributed by atoms with Crippen LogP contribution in [0.15, 0.2) is 48.8 Å². The molecule has 1 saturated heterocycles. The van der Waals surface area contributed by atoms with E-state index < -0.39 is 0 Å². The molecule has 1 aliphatic heterocycles. The average molecular weight is 308 g/mol. The highest BCUT2D eigenvalue weighted by molar-refractivity contribution is 5.76. The van der Waals surface area contributed by atoms with Gasteiger partial charge in [-0.1, -0.05) is 18.2 Å². The summed E-state index contributed by atoms with van der Waals surface area (Å²) in [4.78, 5) is 12.5. The Morgan fingerprint density at radius 2 is 2.09 bits per heavy atom. The second kappa shape index (κ2) is 5.98. The molecular weight excluding hydrogens is 288 g/mol. The van der Waals surface area contributed by atoms with Crippen LogP contribution in [0.25, 0.3) is 11.0 Å². The van der Waals surface area contributed by atoms with Crippen LogP contribution in [0.5, 0.6) is 0 Å². The second-order valence-electron chi connectivity index (χ2n) is 5.82. The van der Waals surface area contributed by atoms with Crippen molar-refractivity contribution < 1.29 is 0 Å². The van der Waals surface area contributed by atoms with Gasteiger partial charge in [0, 0.05) is 43.5 Å². The molecule has 6 heteroatoms. The fourth-order valence-corrected chi connectivity index (χ4v) is 3.01. The average Bonchev–Trinajstić information content (AvgIpc) is 3.06. The molecule has 118 valence electrons. The first-order valence-corrected chi connectivity index (χ1v) is 7.95. The molecule has 1 aromatic carbocycles. The summed E-state index contributed by atoms with van der Waals surface area (Å²) >= 11 is 0. The molecule has 0 saturated carbocycles. The fraction of sp³-hybridized carbons (Fsp3) is 0.294. The van der Waals surface area contributed by atoms with Crippen LogP contribution in [-0.2, 0) is 0 Å². The molecule has 0 aliphatic carbocycles. The normalized spacial score (nSPS) is 19.1. The number of nitrogens with one attached hydrogen (secondary N) is 2. The van der Waals surface area contributed by atoms with E-state index in [1.807, 2.05) is 36.7 Å². The minimum atomic E-state index is 0.367. The number of aromatic amines is 1. The lowest BCUT2D eigenvalue weighted by atomic mass is 10.2. The molecule has 3 aromatic rings. The molecule has 1 atom stereocenters. The number of para-hydroxylation sites is 1. The highest BCUT2D eigenvalue weighted by atomic mass is 15.7. The summed E-state index contributed by atoms with van der Waals surface area (Å²) in [6, 6.07) is 12.7. The number of piperazine rings is 1. The standard InChI is InChI=1S/C17H20N6/c1-13-11-18-9-10-22(13)23(15-5-3-2-4-6-15)17-20-12-14-7-8-19-16(14)21-17/h2-8,12-13,18H,9-11H2,1H3,(H,19,20,21). The van der Waals surface area contributed by atoms with Crippen LogP contribution in [-0.4, -0.2) is 45.6 Å². The third kappa shape index (κ3) is 2.67. The van der Waals surface area contributed by atoms with Gasteiger partial charge in [-0.3, -0.25) is 0 Å². The number of H-pyrrole nitrogens is 1. The summed E-state index contributed by atoms with van der Waals surface area (Å²) in [5, 5.41) is 8.92. The van der Waals surface area contributed by atoms with Gasteiger partial charge in [0.2, 0.25) is 5.95 Å². The smallest absolute Gasteiger partial charge is 0.247 e. The van der Waals surface area contributed by atoms with E-state index in [-0.39, 0.29) is 0 Å². The SMILES string of the molecule is CC1CNCCN1N(c1ccccc1)c1ncc2cc[nH]c2n1. The van der Waals surface area contributed by atoms with Gasteiger partial charge in [0.1, 0.15) is 5.65 Å². The van der Waals surface area contributed by atoms with Crippen LogP contribution < -0.4 is 10.3 Å². The Kier molecular flexibility index (Phi) is 3.69. The van der Waals surface area contributed by atoms with E-state index in [9.17, 15) is 0 Å². The van der Waals surface area contributed by atoms with E-state index in [0.29, 0.717) is 12.0 Å². The Morgan fingerprint density at radius 3 is 2.91 bits per heavy atom. The fourth-order valence-electron chi connectivity index (χ4n) is 3.01. The molecule has 1 unspecified atom stereocenters. The summed E-state index contributed by atoms with van der Waals surface area (Å²) in [5.41, 5.74) is 1.94. The van der Waals surface area contributed by atoms with Crippen molar-refractivity contribution in [3.8, 4) is 0 Å². The third-order valence-corrected chi connectivity index (χ3v) is 4.20. The zero-order valence-electron chi connectivity index (χ0n) is 13.1. The monoisotopic (exact) mass is 308 g/mol. The highest BCUT2D eigenvalue weighted by Crippen LogP contribution is 2.27. The van der Waals surface area contributed by atoms with E-state index in [1.54, 1.807) is 0 Å². The molecule has 0 radical (unpaired) electrons. The maximum Gasteiger partial charge on any atom is 0.247 e. The van der Waals surface area contributed by atoms with Gasteiger partial charge in [0.25, 0.3) is 0 Å². The Morgan fingerprint density at radius 1 is 1.22 bits per heavy atom. The number of nitrogens with zero attached hydrogens (tertiary/aromatic N) is 4. The van der Waals surface area contributed by atoms with Crippen LogP contribution in [0.2, 0.25) is 0 Å². The molecule has 6 nitrogen and oxygen atoms in total. The van der Waals surface area contributed by atoms with Crippen LogP contribution in [0, 0.1) is 0 Å². The predicted molar refractivity (Wildman–Crippen MR) is 91.5 cm³/mol. The van der Waals surface area contributed by atoms with Crippen molar-refractivity contribution in [2.75, 3.05) is 24.6 Å². The van der Waals surface area contributed by atoms with Crippen LogP contribution >= 0.6 is 0 Å². The number of anilines is 2. The maximum atomic E-state index is 4.72. The van der Waals surface area contributed by atoms with Crippen molar-refractivity contribution in [1.82, 2.24) is 25.3 Å². The first-order valence-electron chi connectivity index (χ1n) is 7.95. The van der Waals surface area contributed by atoms with Crippen molar-refractivity contribution in [3.63, 3.8) is 0 Å². The molecule has 0 bridgehead atoms. The van der Waals surface area contributed by atoms with E-state index in [2.05, 4.69) is 44.4 Å². The Balaban J connectivity index is 1.80. The molecule has 0 spiro atoms. The van der Waals surface area contributed by atoms with Crippen LogP contribution in [0.1, 0.15) is 6.92 Å². The number of fused-ring (bicyclic) bond motifs is 1. The summed E-state index contributed by atoms with van der Waals surface area (Å²) in [6.45, 7) is 5.05. The number of hydrogen-bond acceptors (Lipinski definition) is 5. The number of benzene rings is 1. The van der Waals surface area contributed by atoms with Crippen molar-refractivity contribution in [2.45, 2.75) is 13.0 Å². The Bertz CT molecular complexity index is 784. The lowest BCUT2D eigenvalue weighted by molar-refractivity contribution is 0.173. The van der Waals surface area contributed by atoms with E-state index in [0.717, 1.165) is 36.4 Å². The Labute approximate surface area is 135 Å².